The number of hydrogen-bond donors (Lipinski definition) is 1. The molecule has 0 bridgehead atoms. The summed E-state index contributed by atoms with van der Waals surface area (Å²) in [4.78, 5) is 12.7. The van der Waals surface area contributed by atoms with E-state index < -0.39 is 10.0 Å². The highest BCUT2D eigenvalue weighted by Gasteiger charge is 2.28. The zero-order chi connectivity index (χ0) is 23.0. The summed E-state index contributed by atoms with van der Waals surface area (Å²) < 4.78 is 38.6. The van der Waals surface area contributed by atoms with Crippen molar-refractivity contribution >= 4 is 21.6 Å². The van der Waals surface area contributed by atoms with Crippen LogP contribution in [0.2, 0.25) is 0 Å². The Morgan fingerprint density at radius 2 is 1.78 bits per heavy atom. The van der Waals surface area contributed by atoms with Crippen molar-refractivity contribution in [3.8, 4) is 11.5 Å². The molecule has 2 aromatic rings. The minimum absolute atomic E-state index is 0.0131. The number of benzene rings is 2. The number of rotatable bonds is 10. The lowest BCUT2D eigenvalue weighted by atomic mass is 9.97. The van der Waals surface area contributed by atoms with Gasteiger partial charge in [0.2, 0.25) is 5.91 Å². The van der Waals surface area contributed by atoms with E-state index in [2.05, 4.69) is 11.4 Å². The second kappa shape index (κ2) is 11.0. The molecule has 0 fully saturated rings. The van der Waals surface area contributed by atoms with E-state index in [0.717, 1.165) is 23.6 Å². The topological polar surface area (TPSA) is 84.9 Å². The maximum Gasteiger partial charge on any atom is 0.264 e. The molecular weight excluding hydrogens is 428 g/mol. The third-order valence-corrected chi connectivity index (χ3v) is 7.20. The molecule has 0 aliphatic heterocycles. The van der Waals surface area contributed by atoms with Crippen molar-refractivity contribution in [1.82, 2.24) is 5.32 Å². The first-order valence-corrected chi connectivity index (χ1v) is 12.1. The van der Waals surface area contributed by atoms with Gasteiger partial charge in [-0.15, -0.1) is 0 Å². The Morgan fingerprint density at radius 3 is 2.44 bits per heavy atom. The van der Waals surface area contributed by atoms with Gasteiger partial charge in [0.25, 0.3) is 10.0 Å². The van der Waals surface area contributed by atoms with E-state index >= 15 is 0 Å². The Balaban J connectivity index is 1.79. The van der Waals surface area contributed by atoms with Crippen LogP contribution in [0.1, 0.15) is 32.1 Å². The third-order valence-electron chi connectivity index (χ3n) is 5.43. The number of para-hydroxylation sites is 1. The number of nitrogens with one attached hydrogen (secondary N) is 1. The van der Waals surface area contributed by atoms with Crippen molar-refractivity contribution in [1.29, 1.82) is 0 Å². The number of anilines is 1. The van der Waals surface area contributed by atoms with Gasteiger partial charge in [-0.1, -0.05) is 29.8 Å². The Morgan fingerprint density at radius 1 is 1.03 bits per heavy atom. The van der Waals surface area contributed by atoms with E-state index in [1.807, 2.05) is 0 Å². The smallest absolute Gasteiger partial charge is 0.264 e. The predicted molar refractivity (Wildman–Crippen MR) is 125 cm³/mol. The Bertz CT molecular complexity index is 1050. The van der Waals surface area contributed by atoms with E-state index in [1.54, 1.807) is 30.3 Å². The van der Waals surface area contributed by atoms with Crippen LogP contribution in [0.5, 0.6) is 11.5 Å². The Labute approximate surface area is 190 Å². The molecule has 1 N–H and O–H groups in total. The number of hydrogen-bond acceptors (Lipinski definition) is 5. The van der Waals surface area contributed by atoms with Crippen LogP contribution in [0.4, 0.5) is 5.69 Å². The van der Waals surface area contributed by atoms with Gasteiger partial charge >= 0.3 is 0 Å². The van der Waals surface area contributed by atoms with Gasteiger partial charge in [-0.25, -0.2) is 8.42 Å². The van der Waals surface area contributed by atoms with E-state index in [1.165, 1.54) is 50.8 Å². The first-order chi connectivity index (χ1) is 15.5. The van der Waals surface area contributed by atoms with Gasteiger partial charge < -0.3 is 14.8 Å². The molecule has 0 heterocycles. The van der Waals surface area contributed by atoms with E-state index in [4.69, 9.17) is 9.47 Å². The van der Waals surface area contributed by atoms with Gasteiger partial charge in [-0.05, 0) is 56.4 Å². The fourth-order valence-electron chi connectivity index (χ4n) is 3.69. The van der Waals surface area contributed by atoms with E-state index in [0.29, 0.717) is 23.7 Å². The van der Waals surface area contributed by atoms with Crippen LogP contribution >= 0.6 is 0 Å². The summed E-state index contributed by atoms with van der Waals surface area (Å²) in [5.74, 6) is 0.369. The molecule has 3 rings (SSSR count). The van der Waals surface area contributed by atoms with Crippen LogP contribution in [0, 0.1) is 0 Å². The highest BCUT2D eigenvalue weighted by Crippen LogP contribution is 2.32. The minimum atomic E-state index is -4.03. The summed E-state index contributed by atoms with van der Waals surface area (Å²) in [5.41, 5.74) is 1.77. The van der Waals surface area contributed by atoms with Crippen molar-refractivity contribution in [2.45, 2.75) is 37.0 Å². The summed E-state index contributed by atoms with van der Waals surface area (Å²) in [5, 5.41) is 2.86. The molecule has 0 atom stereocenters. The summed E-state index contributed by atoms with van der Waals surface area (Å²) >= 11 is 0. The highest BCUT2D eigenvalue weighted by molar-refractivity contribution is 7.92. The van der Waals surface area contributed by atoms with Gasteiger partial charge in [0.15, 0.2) is 11.5 Å². The summed E-state index contributed by atoms with van der Waals surface area (Å²) in [7, 11) is -1.10. The van der Waals surface area contributed by atoms with Crippen molar-refractivity contribution in [2.75, 3.05) is 31.6 Å². The van der Waals surface area contributed by atoms with Crippen LogP contribution in [0.25, 0.3) is 0 Å². The molecule has 7 nitrogen and oxygen atoms in total. The largest absolute Gasteiger partial charge is 0.493 e. The summed E-state index contributed by atoms with van der Waals surface area (Å²) in [6.45, 7) is 0.170. The predicted octanol–water partition coefficient (Wildman–Crippen LogP) is 3.91. The Hall–Kier alpha value is -3.00. The first kappa shape index (κ1) is 23.7. The van der Waals surface area contributed by atoms with Crippen LogP contribution in [0.3, 0.4) is 0 Å². The minimum Gasteiger partial charge on any atom is -0.493 e. The molecule has 0 aromatic heterocycles. The quantitative estimate of drug-likeness (QED) is 0.546. The lowest BCUT2D eigenvalue weighted by molar-refractivity contribution is -0.119. The summed E-state index contributed by atoms with van der Waals surface area (Å²) in [6, 6.07) is 13.0. The second-order valence-corrected chi connectivity index (χ2v) is 9.43. The number of carbonyl (C=O) groups is 1. The fraction of sp³-hybridized carbons (Fsp3) is 0.375. The monoisotopic (exact) mass is 458 g/mol. The average Bonchev–Trinajstić information content (AvgIpc) is 2.83. The van der Waals surface area contributed by atoms with Crippen molar-refractivity contribution in [3.63, 3.8) is 0 Å². The van der Waals surface area contributed by atoms with Gasteiger partial charge in [-0.2, -0.15) is 0 Å². The number of sulfonamides is 1. The van der Waals surface area contributed by atoms with Crippen LogP contribution in [-0.4, -0.2) is 41.6 Å². The zero-order valence-electron chi connectivity index (χ0n) is 18.5. The van der Waals surface area contributed by atoms with Gasteiger partial charge in [0, 0.05) is 12.6 Å². The number of amides is 1. The maximum absolute atomic E-state index is 13.5. The number of nitrogens with zero attached hydrogens (tertiary/aromatic N) is 1. The average molecular weight is 459 g/mol. The molecule has 0 saturated carbocycles. The number of allylic oxidation sites excluding steroid dienone is 1. The van der Waals surface area contributed by atoms with Crippen molar-refractivity contribution in [3.05, 3.63) is 60.2 Å². The van der Waals surface area contributed by atoms with Crippen LogP contribution in [0.15, 0.2) is 65.1 Å². The first-order valence-electron chi connectivity index (χ1n) is 10.7. The SMILES string of the molecule is COc1ccc(S(=O)(=O)N(CC(=O)NCCC2=CCCCC2)c2ccccc2)cc1OC. The molecule has 1 aliphatic carbocycles. The van der Waals surface area contributed by atoms with Gasteiger partial charge in [0.1, 0.15) is 6.54 Å². The highest BCUT2D eigenvalue weighted by atomic mass is 32.2. The molecule has 1 amide bonds. The normalized spacial score (nSPS) is 13.8. The van der Waals surface area contributed by atoms with Crippen molar-refractivity contribution < 1.29 is 22.7 Å². The van der Waals surface area contributed by atoms with E-state index in [-0.39, 0.29) is 17.3 Å². The number of carbonyl (C=O) groups excluding carboxylic acids is 1. The lowest BCUT2D eigenvalue weighted by Crippen LogP contribution is -2.41. The van der Waals surface area contributed by atoms with Gasteiger partial charge in [-0.3, -0.25) is 9.10 Å². The number of methoxy groups -OCH3 is 2. The molecule has 2 aromatic carbocycles. The Kier molecular flexibility index (Phi) is 8.16. The third kappa shape index (κ3) is 5.82. The molecule has 32 heavy (non-hydrogen) atoms. The van der Waals surface area contributed by atoms with Crippen molar-refractivity contribution in [2.24, 2.45) is 0 Å². The van der Waals surface area contributed by atoms with E-state index in [9.17, 15) is 13.2 Å². The molecule has 172 valence electrons. The lowest BCUT2D eigenvalue weighted by Gasteiger charge is -2.24. The van der Waals surface area contributed by atoms with Gasteiger partial charge in [0.05, 0.1) is 24.8 Å². The number of ether oxygens (including phenoxy) is 2. The molecule has 8 heteroatoms. The van der Waals surface area contributed by atoms with Crippen LogP contribution in [-0.2, 0) is 14.8 Å². The molecule has 0 unspecified atom stereocenters. The molecular formula is C24H30N2O5S. The summed E-state index contributed by atoms with van der Waals surface area (Å²) in [6.07, 6.45) is 7.60. The molecule has 1 aliphatic rings. The standard InChI is InChI=1S/C24H30N2O5S/c1-30-22-14-13-21(17-23(22)31-2)32(28,29)26(20-11-7-4-8-12-20)18-24(27)25-16-15-19-9-5-3-6-10-19/h4,7-9,11-14,17H,3,5-6,10,15-16,18H2,1-2H3,(H,25,27). The zero-order valence-corrected chi connectivity index (χ0v) is 19.4. The maximum atomic E-state index is 13.5. The molecule has 0 saturated heterocycles. The van der Waals surface area contributed by atoms with Crippen LogP contribution < -0.4 is 19.1 Å². The second-order valence-electron chi connectivity index (χ2n) is 7.57. The molecule has 0 spiro atoms. The molecule has 0 radical (unpaired) electrons. The fourth-order valence-corrected chi connectivity index (χ4v) is 5.13.